The summed E-state index contributed by atoms with van der Waals surface area (Å²) >= 11 is 0. The van der Waals surface area contributed by atoms with Crippen LogP contribution in [-0.4, -0.2) is 42.8 Å². The highest BCUT2D eigenvalue weighted by Crippen LogP contribution is 2.04. The van der Waals surface area contributed by atoms with E-state index in [0.717, 1.165) is 19.3 Å². The molecule has 1 aromatic rings. The molecule has 98 valence electrons. The van der Waals surface area contributed by atoms with Gasteiger partial charge in [-0.2, -0.15) is 5.10 Å². The second kappa shape index (κ2) is 8.22. The summed E-state index contributed by atoms with van der Waals surface area (Å²) in [5.74, 6) is 0. The highest BCUT2D eigenvalue weighted by atomic mass is 16.5. The predicted octanol–water partition coefficient (Wildman–Crippen LogP) is 0.733. The molecule has 0 saturated carbocycles. The standard InChI is InChI=1S/C12H23N3O2/c1-15-12(5-7-14-15)4-3-11(13)6-8-17-10-9-16-2/h5,7,11H,3-4,6,8-10,13H2,1-2H3. The Labute approximate surface area is 103 Å². The smallest absolute Gasteiger partial charge is 0.0700 e. The molecule has 2 N–H and O–H groups in total. The minimum Gasteiger partial charge on any atom is -0.382 e. The Bertz CT molecular complexity index is 302. The molecule has 17 heavy (non-hydrogen) atoms. The molecule has 1 heterocycles. The number of aryl methyl sites for hydroxylation is 2. The number of hydrogen-bond donors (Lipinski definition) is 1. The SMILES string of the molecule is COCCOCCC(N)CCc1ccnn1C. The Kier molecular flexibility index (Phi) is 6.84. The van der Waals surface area contributed by atoms with Crippen LogP contribution in [0.4, 0.5) is 0 Å². The van der Waals surface area contributed by atoms with Crippen molar-refractivity contribution in [2.24, 2.45) is 12.8 Å². The van der Waals surface area contributed by atoms with Crippen LogP contribution in [0, 0.1) is 0 Å². The Morgan fingerprint density at radius 2 is 2.18 bits per heavy atom. The van der Waals surface area contributed by atoms with Gasteiger partial charge in [-0.15, -0.1) is 0 Å². The van der Waals surface area contributed by atoms with E-state index in [1.165, 1.54) is 5.69 Å². The van der Waals surface area contributed by atoms with Gasteiger partial charge in [0.05, 0.1) is 13.2 Å². The number of nitrogens with two attached hydrogens (primary N) is 1. The normalized spacial score (nSPS) is 12.9. The summed E-state index contributed by atoms with van der Waals surface area (Å²) in [7, 11) is 3.62. The van der Waals surface area contributed by atoms with E-state index in [1.807, 2.05) is 24.0 Å². The van der Waals surface area contributed by atoms with E-state index < -0.39 is 0 Å². The molecule has 5 heteroatoms. The van der Waals surface area contributed by atoms with Gasteiger partial charge in [0.25, 0.3) is 0 Å². The van der Waals surface area contributed by atoms with E-state index in [4.69, 9.17) is 15.2 Å². The summed E-state index contributed by atoms with van der Waals surface area (Å²) < 4.78 is 12.2. The van der Waals surface area contributed by atoms with Crippen molar-refractivity contribution < 1.29 is 9.47 Å². The van der Waals surface area contributed by atoms with Gasteiger partial charge in [0.2, 0.25) is 0 Å². The lowest BCUT2D eigenvalue weighted by atomic mass is 10.1. The minimum atomic E-state index is 0.187. The van der Waals surface area contributed by atoms with Crippen LogP contribution in [0.5, 0.6) is 0 Å². The number of ether oxygens (including phenoxy) is 2. The molecule has 0 spiro atoms. The van der Waals surface area contributed by atoms with Crippen molar-refractivity contribution in [3.63, 3.8) is 0 Å². The number of methoxy groups -OCH3 is 1. The van der Waals surface area contributed by atoms with Crippen molar-refractivity contribution >= 4 is 0 Å². The monoisotopic (exact) mass is 241 g/mol. The zero-order valence-electron chi connectivity index (χ0n) is 10.8. The molecule has 1 rings (SSSR count). The molecule has 0 fully saturated rings. The first-order valence-corrected chi connectivity index (χ1v) is 6.03. The lowest BCUT2D eigenvalue weighted by molar-refractivity contribution is 0.0669. The quantitative estimate of drug-likeness (QED) is 0.648. The largest absolute Gasteiger partial charge is 0.382 e. The van der Waals surface area contributed by atoms with E-state index >= 15 is 0 Å². The average molecular weight is 241 g/mol. The van der Waals surface area contributed by atoms with Crippen LogP contribution in [0.25, 0.3) is 0 Å². The first-order valence-electron chi connectivity index (χ1n) is 6.03. The van der Waals surface area contributed by atoms with E-state index in [0.29, 0.717) is 19.8 Å². The number of aromatic nitrogens is 2. The van der Waals surface area contributed by atoms with Crippen LogP contribution in [0.2, 0.25) is 0 Å². The molecule has 0 aliphatic heterocycles. The van der Waals surface area contributed by atoms with Crippen molar-refractivity contribution in [2.75, 3.05) is 26.9 Å². The summed E-state index contributed by atoms with van der Waals surface area (Å²) in [5, 5.41) is 4.13. The van der Waals surface area contributed by atoms with Gasteiger partial charge in [0, 0.05) is 38.7 Å². The fourth-order valence-corrected chi connectivity index (χ4v) is 1.60. The Morgan fingerprint density at radius 1 is 1.35 bits per heavy atom. The number of rotatable bonds is 9. The molecule has 0 saturated heterocycles. The van der Waals surface area contributed by atoms with Gasteiger partial charge in [0.1, 0.15) is 0 Å². The predicted molar refractivity (Wildman–Crippen MR) is 66.8 cm³/mol. The fourth-order valence-electron chi connectivity index (χ4n) is 1.60. The molecule has 0 radical (unpaired) electrons. The maximum absolute atomic E-state index is 6.01. The molecule has 0 bridgehead atoms. The molecule has 0 aliphatic carbocycles. The molecular weight excluding hydrogens is 218 g/mol. The van der Waals surface area contributed by atoms with Crippen LogP contribution in [0.3, 0.4) is 0 Å². The van der Waals surface area contributed by atoms with Crippen molar-refractivity contribution in [2.45, 2.75) is 25.3 Å². The van der Waals surface area contributed by atoms with Crippen molar-refractivity contribution in [1.82, 2.24) is 9.78 Å². The summed E-state index contributed by atoms with van der Waals surface area (Å²) in [6.45, 7) is 1.99. The van der Waals surface area contributed by atoms with Crippen LogP contribution in [-0.2, 0) is 22.9 Å². The molecular formula is C12H23N3O2. The van der Waals surface area contributed by atoms with Crippen LogP contribution in [0.1, 0.15) is 18.5 Å². The second-order valence-electron chi connectivity index (χ2n) is 4.14. The van der Waals surface area contributed by atoms with E-state index in [2.05, 4.69) is 5.10 Å². The summed E-state index contributed by atoms with van der Waals surface area (Å²) in [6.07, 6.45) is 4.64. The average Bonchev–Trinajstić information content (AvgIpc) is 2.72. The fraction of sp³-hybridized carbons (Fsp3) is 0.750. The zero-order chi connectivity index (χ0) is 12.5. The highest BCUT2D eigenvalue weighted by molar-refractivity contribution is 5.00. The second-order valence-corrected chi connectivity index (χ2v) is 4.14. The van der Waals surface area contributed by atoms with Gasteiger partial charge >= 0.3 is 0 Å². The number of nitrogens with zero attached hydrogens (tertiary/aromatic N) is 2. The third-order valence-corrected chi connectivity index (χ3v) is 2.76. The van der Waals surface area contributed by atoms with Gasteiger partial charge in [-0.1, -0.05) is 0 Å². The summed E-state index contributed by atoms with van der Waals surface area (Å²) in [6, 6.07) is 2.22. The third kappa shape index (κ3) is 5.81. The molecule has 0 amide bonds. The zero-order valence-corrected chi connectivity index (χ0v) is 10.8. The molecule has 0 aliphatic rings. The van der Waals surface area contributed by atoms with E-state index in [1.54, 1.807) is 7.11 Å². The maximum atomic E-state index is 6.01. The third-order valence-electron chi connectivity index (χ3n) is 2.76. The van der Waals surface area contributed by atoms with Crippen LogP contribution < -0.4 is 5.73 Å². The first-order chi connectivity index (χ1) is 8.24. The van der Waals surface area contributed by atoms with E-state index in [-0.39, 0.29) is 6.04 Å². The number of hydrogen-bond acceptors (Lipinski definition) is 4. The van der Waals surface area contributed by atoms with Gasteiger partial charge in [0.15, 0.2) is 0 Å². The van der Waals surface area contributed by atoms with Crippen LogP contribution >= 0.6 is 0 Å². The lowest BCUT2D eigenvalue weighted by Crippen LogP contribution is -2.23. The topological polar surface area (TPSA) is 62.3 Å². The van der Waals surface area contributed by atoms with Crippen molar-refractivity contribution in [3.8, 4) is 0 Å². The summed E-state index contributed by atoms with van der Waals surface area (Å²) in [5.41, 5.74) is 7.24. The molecule has 1 unspecified atom stereocenters. The van der Waals surface area contributed by atoms with Gasteiger partial charge < -0.3 is 15.2 Å². The molecule has 1 atom stereocenters. The lowest BCUT2D eigenvalue weighted by Gasteiger charge is -2.11. The Hall–Kier alpha value is -0.910. The highest BCUT2D eigenvalue weighted by Gasteiger charge is 2.05. The van der Waals surface area contributed by atoms with Crippen LogP contribution in [0.15, 0.2) is 12.3 Å². The van der Waals surface area contributed by atoms with Crippen molar-refractivity contribution in [1.29, 1.82) is 0 Å². The van der Waals surface area contributed by atoms with Gasteiger partial charge in [-0.25, -0.2) is 0 Å². The minimum absolute atomic E-state index is 0.187. The van der Waals surface area contributed by atoms with Crippen molar-refractivity contribution in [3.05, 3.63) is 18.0 Å². The molecule has 1 aromatic heterocycles. The molecule has 5 nitrogen and oxygen atoms in total. The Morgan fingerprint density at radius 3 is 2.82 bits per heavy atom. The summed E-state index contributed by atoms with van der Waals surface area (Å²) in [4.78, 5) is 0. The van der Waals surface area contributed by atoms with Gasteiger partial charge in [-0.3, -0.25) is 4.68 Å². The van der Waals surface area contributed by atoms with E-state index in [9.17, 15) is 0 Å². The first kappa shape index (κ1) is 14.2. The van der Waals surface area contributed by atoms with Gasteiger partial charge in [-0.05, 0) is 25.3 Å². The maximum Gasteiger partial charge on any atom is 0.0700 e. The molecule has 0 aromatic carbocycles. The Balaban J connectivity index is 2.05.